The fraction of sp³-hybridized carbons (Fsp3) is 0.650. The van der Waals surface area contributed by atoms with Crippen LogP contribution in [0.3, 0.4) is 0 Å². The molecule has 7 heteroatoms. The maximum atomic E-state index is 6.20. The Morgan fingerprint density at radius 2 is 2.19 bits per heavy atom. The fourth-order valence-corrected chi connectivity index (χ4v) is 4.09. The number of guanidine groups is 1. The van der Waals surface area contributed by atoms with E-state index in [0.29, 0.717) is 12.1 Å². The summed E-state index contributed by atoms with van der Waals surface area (Å²) < 4.78 is 5.51. The van der Waals surface area contributed by atoms with Crippen LogP contribution in [0.15, 0.2) is 23.2 Å². The van der Waals surface area contributed by atoms with Crippen molar-refractivity contribution >= 4 is 23.2 Å². The summed E-state index contributed by atoms with van der Waals surface area (Å²) >= 11 is 6.20. The quantitative estimate of drug-likeness (QED) is 0.574. The largest absolute Gasteiger partial charge is 0.495 e. The summed E-state index contributed by atoms with van der Waals surface area (Å²) in [4.78, 5) is 9.59. The maximum Gasteiger partial charge on any atom is 0.191 e. The lowest BCUT2D eigenvalue weighted by Gasteiger charge is -2.23. The Labute approximate surface area is 167 Å². The summed E-state index contributed by atoms with van der Waals surface area (Å²) in [5, 5.41) is 7.74. The van der Waals surface area contributed by atoms with Crippen LogP contribution in [0, 0.1) is 0 Å². The molecule has 2 unspecified atom stereocenters. The molecule has 3 rings (SSSR count). The van der Waals surface area contributed by atoms with Gasteiger partial charge in [0.2, 0.25) is 0 Å². The van der Waals surface area contributed by atoms with Gasteiger partial charge in [0.25, 0.3) is 0 Å². The summed E-state index contributed by atoms with van der Waals surface area (Å²) in [7, 11) is 3.90. The van der Waals surface area contributed by atoms with Crippen molar-refractivity contribution in [3.8, 4) is 5.75 Å². The first-order chi connectivity index (χ1) is 13.1. The molecule has 0 radical (unpaired) electrons. The van der Waals surface area contributed by atoms with Crippen LogP contribution < -0.4 is 20.3 Å². The number of ether oxygens (including phenoxy) is 1. The van der Waals surface area contributed by atoms with E-state index in [0.717, 1.165) is 55.0 Å². The third kappa shape index (κ3) is 5.20. The minimum Gasteiger partial charge on any atom is -0.495 e. The first kappa shape index (κ1) is 20.1. The Morgan fingerprint density at radius 3 is 2.89 bits per heavy atom. The molecule has 1 aromatic carbocycles. The zero-order valence-electron chi connectivity index (χ0n) is 16.7. The molecular formula is C20H32ClN5O. The zero-order valence-corrected chi connectivity index (χ0v) is 17.4. The summed E-state index contributed by atoms with van der Waals surface area (Å²) in [6.45, 7) is 6.89. The van der Waals surface area contributed by atoms with Crippen molar-refractivity contribution in [2.45, 2.75) is 38.3 Å². The Kier molecular flexibility index (Phi) is 7.07. The molecule has 2 heterocycles. The van der Waals surface area contributed by atoms with Gasteiger partial charge in [-0.25, -0.2) is 0 Å². The molecule has 0 aromatic heterocycles. The molecule has 0 bridgehead atoms. The van der Waals surface area contributed by atoms with Crippen molar-refractivity contribution in [3.63, 3.8) is 0 Å². The number of hydrogen-bond acceptors (Lipinski definition) is 4. The average Bonchev–Trinajstić information content (AvgIpc) is 3.29. The molecule has 2 aliphatic heterocycles. The van der Waals surface area contributed by atoms with E-state index in [9.17, 15) is 0 Å². The molecule has 2 atom stereocenters. The van der Waals surface area contributed by atoms with Gasteiger partial charge in [-0.05, 0) is 58.0 Å². The number of likely N-dealkylation sites (tertiary alicyclic amines) is 1. The second-order valence-corrected chi connectivity index (χ2v) is 7.82. The lowest BCUT2D eigenvalue weighted by atomic mass is 10.2. The van der Waals surface area contributed by atoms with E-state index >= 15 is 0 Å². The van der Waals surface area contributed by atoms with Gasteiger partial charge in [-0.2, -0.15) is 0 Å². The van der Waals surface area contributed by atoms with E-state index < -0.39 is 0 Å². The smallest absolute Gasteiger partial charge is 0.191 e. The normalized spacial score (nSPS) is 23.7. The molecule has 0 amide bonds. The van der Waals surface area contributed by atoms with Crippen LogP contribution in [0.5, 0.6) is 5.75 Å². The van der Waals surface area contributed by atoms with Gasteiger partial charge in [-0.3, -0.25) is 4.99 Å². The van der Waals surface area contributed by atoms with Crippen LogP contribution >= 0.6 is 11.6 Å². The number of benzene rings is 1. The molecule has 0 spiro atoms. The van der Waals surface area contributed by atoms with E-state index in [1.54, 1.807) is 7.11 Å². The molecule has 0 aliphatic carbocycles. The highest BCUT2D eigenvalue weighted by Crippen LogP contribution is 2.33. The van der Waals surface area contributed by atoms with Gasteiger partial charge in [0.1, 0.15) is 5.75 Å². The minimum absolute atomic E-state index is 0.354. The van der Waals surface area contributed by atoms with Gasteiger partial charge in [0.15, 0.2) is 5.96 Å². The standard InChI is InChI=1S/C20H32ClN5O/c1-4-22-20(23-13-17-6-5-10-25(17)2)24-16-9-11-26(14-16)18-12-15(21)7-8-19(18)27-3/h7-8,12,16-17H,4-6,9-11,13-14H2,1-3H3,(H2,22,23,24). The van der Waals surface area contributed by atoms with E-state index in [1.165, 1.54) is 19.4 Å². The van der Waals surface area contributed by atoms with Gasteiger partial charge in [-0.15, -0.1) is 0 Å². The zero-order chi connectivity index (χ0) is 19.2. The lowest BCUT2D eigenvalue weighted by molar-refractivity contribution is 0.317. The number of methoxy groups -OCH3 is 1. The fourth-order valence-electron chi connectivity index (χ4n) is 3.93. The Morgan fingerprint density at radius 1 is 1.33 bits per heavy atom. The van der Waals surface area contributed by atoms with Crippen molar-refractivity contribution in [2.75, 3.05) is 51.8 Å². The van der Waals surface area contributed by atoms with Gasteiger partial charge in [0, 0.05) is 36.7 Å². The van der Waals surface area contributed by atoms with Crippen molar-refractivity contribution < 1.29 is 4.74 Å². The second kappa shape index (κ2) is 9.51. The minimum atomic E-state index is 0.354. The highest BCUT2D eigenvalue weighted by Gasteiger charge is 2.26. The van der Waals surface area contributed by atoms with Gasteiger partial charge >= 0.3 is 0 Å². The Hall–Kier alpha value is -1.66. The molecule has 2 fully saturated rings. The molecule has 6 nitrogen and oxygen atoms in total. The molecule has 2 aliphatic rings. The van der Waals surface area contributed by atoms with Crippen LogP contribution in [-0.4, -0.2) is 69.8 Å². The number of aliphatic imine (C=N–C) groups is 1. The molecule has 27 heavy (non-hydrogen) atoms. The summed E-state index contributed by atoms with van der Waals surface area (Å²) in [6, 6.07) is 6.70. The molecule has 1 aromatic rings. The first-order valence-electron chi connectivity index (χ1n) is 9.94. The number of hydrogen-bond donors (Lipinski definition) is 2. The summed E-state index contributed by atoms with van der Waals surface area (Å²) in [5.74, 6) is 1.78. The molecular weight excluding hydrogens is 362 g/mol. The highest BCUT2D eigenvalue weighted by atomic mass is 35.5. The van der Waals surface area contributed by atoms with Crippen molar-refractivity contribution in [1.82, 2.24) is 15.5 Å². The van der Waals surface area contributed by atoms with Crippen molar-refractivity contribution in [3.05, 3.63) is 23.2 Å². The summed E-state index contributed by atoms with van der Waals surface area (Å²) in [6.07, 6.45) is 3.58. The number of halogens is 1. The van der Waals surface area contributed by atoms with Crippen LogP contribution in [-0.2, 0) is 0 Å². The Balaban J connectivity index is 1.60. The number of rotatable bonds is 6. The number of anilines is 1. The SMILES string of the molecule is CCNC(=NCC1CCCN1C)NC1CCN(c2cc(Cl)ccc2OC)C1. The number of nitrogens with zero attached hydrogens (tertiary/aromatic N) is 3. The molecule has 2 N–H and O–H groups in total. The molecule has 0 saturated carbocycles. The lowest BCUT2D eigenvalue weighted by Crippen LogP contribution is -2.45. The predicted molar refractivity (Wildman–Crippen MR) is 113 cm³/mol. The maximum absolute atomic E-state index is 6.20. The number of likely N-dealkylation sites (N-methyl/N-ethyl adjacent to an activating group) is 1. The Bertz CT molecular complexity index is 653. The van der Waals surface area contributed by atoms with Crippen LogP contribution in [0.1, 0.15) is 26.2 Å². The van der Waals surface area contributed by atoms with Crippen LogP contribution in [0.4, 0.5) is 5.69 Å². The van der Waals surface area contributed by atoms with E-state index in [2.05, 4.69) is 34.4 Å². The molecule has 150 valence electrons. The third-order valence-electron chi connectivity index (χ3n) is 5.49. The van der Waals surface area contributed by atoms with E-state index in [1.807, 2.05) is 18.2 Å². The van der Waals surface area contributed by atoms with Gasteiger partial charge in [0.05, 0.1) is 19.3 Å². The number of nitrogens with one attached hydrogen (secondary N) is 2. The summed E-state index contributed by atoms with van der Waals surface area (Å²) in [5.41, 5.74) is 1.06. The second-order valence-electron chi connectivity index (χ2n) is 7.39. The molecule has 2 saturated heterocycles. The van der Waals surface area contributed by atoms with E-state index in [-0.39, 0.29) is 0 Å². The van der Waals surface area contributed by atoms with Crippen LogP contribution in [0.25, 0.3) is 0 Å². The average molecular weight is 394 g/mol. The monoisotopic (exact) mass is 393 g/mol. The van der Waals surface area contributed by atoms with Gasteiger partial charge in [-0.1, -0.05) is 11.6 Å². The van der Waals surface area contributed by atoms with Gasteiger partial charge < -0.3 is 25.2 Å². The first-order valence-corrected chi connectivity index (χ1v) is 10.3. The van der Waals surface area contributed by atoms with Crippen molar-refractivity contribution in [2.24, 2.45) is 4.99 Å². The van der Waals surface area contributed by atoms with Crippen molar-refractivity contribution in [1.29, 1.82) is 0 Å². The predicted octanol–water partition coefficient (Wildman–Crippen LogP) is 2.58. The van der Waals surface area contributed by atoms with Crippen LogP contribution in [0.2, 0.25) is 5.02 Å². The van der Waals surface area contributed by atoms with E-state index in [4.69, 9.17) is 21.3 Å². The topological polar surface area (TPSA) is 52.1 Å². The third-order valence-corrected chi connectivity index (χ3v) is 5.72. The highest BCUT2D eigenvalue weighted by molar-refractivity contribution is 6.30.